The summed E-state index contributed by atoms with van der Waals surface area (Å²) >= 11 is 3.68. The molecule has 2 aliphatic heterocycles. The van der Waals surface area contributed by atoms with Gasteiger partial charge in [-0.3, -0.25) is 0 Å². The molecule has 0 amide bonds. The van der Waals surface area contributed by atoms with Crippen LogP contribution in [0.15, 0.2) is 96.5 Å². The molecule has 0 atom stereocenters. The zero-order valence-electron chi connectivity index (χ0n) is 22.3. The van der Waals surface area contributed by atoms with Crippen LogP contribution in [0.5, 0.6) is 0 Å². The highest BCUT2D eigenvalue weighted by Gasteiger charge is 2.33. The van der Waals surface area contributed by atoms with Crippen molar-refractivity contribution in [1.29, 1.82) is 0 Å². The number of rotatable bonds is 3. The van der Waals surface area contributed by atoms with Gasteiger partial charge in [-0.25, -0.2) is 0 Å². The average molecular weight is 555 g/mol. The molecule has 2 aromatic carbocycles. The lowest BCUT2D eigenvalue weighted by Crippen LogP contribution is -2.38. The van der Waals surface area contributed by atoms with E-state index < -0.39 is 0 Å². The van der Waals surface area contributed by atoms with Crippen molar-refractivity contribution in [2.75, 3.05) is 0 Å². The first-order valence-electron chi connectivity index (χ1n) is 14.2. The van der Waals surface area contributed by atoms with Gasteiger partial charge in [-0.15, -0.1) is 22.7 Å². The van der Waals surface area contributed by atoms with Gasteiger partial charge in [0.05, 0.1) is 11.1 Å². The van der Waals surface area contributed by atoms with Crippen LogP contribution in [0.4, 0.5) is 0 Å². The number of aromatic nitrogens is 2. The maximum atomic E-state index is 2.62. The highest BCUT2D eigenvalue weighted by Crippen LogP contribution is 2.41. The van der Waals surface area contributed by atoms with Crippen LogP contribution in [0.1, 0.15) is 34.4 Å². The first-order chi connectivity index (χ1) is 19.8. The number of para-hydroxylation sites is 1. The van der Waals surface area contributed by atoms with Crippen LogP contribution in [0, 0.1) is 0 Å². The van der Waals surface area contributed by atoms with Gasteiger partial charge in [-0.2, -0.15) is 9.13 Å². The highest BCUT2D eigenvalue weighted by atomic mass is 32.1. The smallest absolute Gasteiger partial charge is 0.198 e. The number of thiophene rings is 2. The van der Waals surface area contributed by atoms with Crippen LogP contribution in [-0.2, 0) is 25.9 Å². The van der Waals surface area contributed by atoms with Crippen molar-refractivity contribution in [3.05, 3.63) is 118 Å². The van der Waals surface area contributed by atoms with Crippen LogP contribution >= 0.6 is 22.7 Å². The van der Waals surface area contributed by atoms with Gasteiger partial charge >= 0.3 is 0 Å². The minimum atomic E-state index is 1.03. The summed E-state index contributed by atoms with van der Waals surface area (Å²) in [5.41, 5.74) is 11.2. The Balaban J connectivity index is 1.38. The van der Waals surface area contributed by atoms with Gasteiger partial charge < -0.3 is 0 Å². The number of hydrogen-bond acceptors (Lipinski definition) is 2. The van der Waals surface area contributed by atoms with E-state index in [2.05, 4.69) is 118 Å². The van der Waals surface area contributed by atoms with E-state index >= 15 is 0 Å². The molecule has 0 unspecified atom stereocenters. The Bertz CT molecular complexity index is 1910. The summed E-state index contributed by atoms with van der Waals surface area (Å²) in [4.78, 5) is 3.97. The van der Waals surface area contributed by atoms with Crippen molar-refractivity contribution in [3.63, 3.8) is 0 Å². The van der Waals surface area contributed by atoms with Gasteiger partial charge in [0.25, 0.3) is 0 Å². The van der Waals surface area contributed by atoms with Crippen LogP contribution in [-0.4, -0.2) is 0 Å². The summed E-state index contributed by atoms with van der Waals surface area (Å²) in [5, 5.41) is 3.46. The molecule has 6 heterocycles. The second-order valence-electron chi connectivity index (χ2n) is 10.8. The molecule has 0 N–H and O–H groups in total. The molecule has 6 aromatic rings. The minimum absolute atomic E-state index is 1.03. The quantitative estimate of drug-likeness (QED) is 0.194. The zero-order valence-corrected chi connectivity index (χ0v) is 24.0. The van der Waals surface area contributed by atoms with Crippen molar-refractivity contribution >= 4 is 45.7 Å². The third-order valence-electron chi connectivity index (χ3n) is 8.38. The van der Waals surface area contributed by atoms with E-state index in [0.717, 1.165) is 32.4 Å². The molecule has 0 saturated heterocycles. The molecule has 40 heavy (non-hydrogen) atoms. The second kappa shape index (κ2) is 9.96. The van der Waals surface area contributed by atoms with Crippen LogP contribution in [0.3, 0.4) is 0 Å². The zero-order chi connectivity index (χ0) is 26.5. The summed E-state index contributed by atoms with van der Waals surface area (Å²) in [7, 11) is 0. The predicted molar refractivity (Wildman–Crippen MR) is 168 cm³/mol. The number of fused-ring (bicyclic) bond motifs is 9. The van der Waals surface area contributed by atoms with Gasteiger partial charge in [0, 0.05) is 56.6 Å². The van der Waals surface area contributed by atoms with Crippen molar-refractivity contribution in [3.8, 4) is 32.3 Å². The minimum Gasteiger partial charge on any atom is -0.198 e. The van der Waals surface area contributed by atoms with E-state index in [-0.39, 0.29) is 0 Å². The van der Waals surface area contributed by atoms with E-state index in [4.69, 9.17) is 0 Å². The predicted octanol–water partition coefficient (Wildman–Crippen LogP) is 8.60. The molecule has 0 saturated carbocycles. The van der Waals surface area contributed by atoms with Crippen molar-refractivity contribution in [2.24, 2.45) is 0 Å². The van der Waals surface area contributed by atoms with Gasteiger partial charge in [0.2, 0.25) is 16.9 Å². The fraction of sp³-hybridized carbons (Fsp3) is 0.167. The first-order valence-corrected chi connectivity index (χ1v) is 15.9. The molecule has 0 aliphatic carbocycles. The monoisotopic (exact) mass is 554 g/mol. The third-order valence-corrected chi connectivity index (χ3v) is 10.5. The fourth-order valence-corrected chi connectivity index (χ4v) is 8.35. The van der Waals surface area contributed by atoms with Gasteiger partial charge in [0.1, 0.15) is 13.1 Å². The molecule has 4 heteroatoms. The summed E-state index contributed by atoms with van der Waals surface area (Å²) in [6.45, 7) is 2.09. The molecule has 0 spiro atoms. The molecule has 4 aromatic heterocycles. The van der Waals surface area contributed by atoms with Crippen molar-refractivity contribution in [1.82, 2.24) is 0 Å². The Morgan fingerprint density at radius 3 is 2.45 bits per heavy atom. The van der Waals surface area contributed by atoms with Crippen LogP contribution < -0.4 is 9.13 Å². The number of hydrogen-bond donors (Lipinski definition) is 0. The molecule has 8 rings (SSSR count). The van der Waals surface area contributed by atoms with E-state index in [1.807, 2.05) is 22.7 Å². The lowest BCUT2D eigenvalue weighted by molar-refractivity contribution is -0.686. The number of benzene rings is 2. The summed E-state index contributed by atoms with van der Waals surface area (Å²) in [6.07, 6.45) is 11.5. The lowest BCUT2D eigenvalue weighted by Gasteiger charge is -2.15. The summed E-state index contributed by atoms with van der Waals surface area (Å²) in [6, 6.07) is 31.7. The van der Waals surface area contributed by atoms with Gasteiger partial charge in [-0.1, -0.05) is 30.3 Å². The van der Waals surface area contributed by atoms with E-state index in [1.165, 1.54) is 71.2 Å². The van der Waals surface area contributed by atoms with E-state index in [9.17, 15) is 0 Å². The Labute approximate surface area is 243 Å². The molecular formula is C36H30N2S2+2. The SMILES string of the molecule is C(=C\c1cc2ccccc2[n+]2c1-c1c(ccc3c1-c1cccc[n+]1CCC3)CCC2)/c1ccc(-c2cccs2)s1. The fourth-order valence-electron chi connectivity index (χ4n) is 6.61. The molecule has 2 nitrogen and oxygen atoms in total. The summed E-state index contributed by atoms with van der Waals surface area (Å²) in [5.74, 6) is 0. The van der Waals surface area contributed by atoms with Crippen LogP contribution in [0.25, 0.3) is 55.3 Å². The molecule has 2 aliphatic rings. The first kappa shape index (κ1) is 24.0. The molecular weight excluding hydrogens is 525 g/mol. The lowest BCUT2D eigenvalue weighted by atomic mass is 9.87. The van der Waals surface area contributed by atoms with E-state index in [0.29, 0.717) is 0 Å². The Kier molecular flexibility index (Phi) is 5.97. The standard InChI is InChI=1S/C36H30N2S2/c1-2-11-30-27(8-1)24-28(16-17-29-18-19-33(40-29)32-13-7-23-39-32)36-35-26(10-6-22-38(30)36)15-14-25-9-5-21-37-20-4-3-12-31(37)34(25)35/h1-4,7-8,11-20,23-24H,5-6,9-10,21-22H2/q+2/b17-16+. The molecule has 0 bridgehead atoms. The molecule has 0 fully saturated rings. The van der Waals surface area contributed by atoms with Crippen molar-refractivity contribution < 1.29 is 9.13 Å². The number of nitrogens with zero attached hydrogens (tertiary/aromatic N) is 2. The Hall–Kier alpha value is -3.86. The van der Waals surface area contributed by atoms with Crippen molar-refractivity contribution in [2.45, 2.75) is 38.8 Å². The summed E-state index contributed by atoms with van der Waals surface area (Å²) < 4.78 is 5.08. The molecule has 194 valence electrons. The second-order valence-corrected chi connectivity index (χ2v) is 12.9. The van der Waals surface area contributed by atoms with Gasteiger partial charge in [0.15, 0.2) is 6.20 Å². The number of pyridine rings is 2. The topological polar surface area (TPSA) is 7.76 Å². The van der Waals surface area contributed by atoms with E-state index in [1.54, 1.807) is 0 Å². The van der Waals surface area contributed by atoms with Gasteiger partial charge in [-0.05, 0) is 77.9 Å². The highest BCUT2D eigenvalue weighted by molar-refractivity contribution is 7.21. The third kappa shape index (κ3) is 4.06. The Morgan fingerprint density at radius 1 is 0.700 bits per heavy atom. The maximum Gasteiger partial charge on any atom is 0.221 e. The maximum absolute atomic E-state index is 2.62. The normalized spacial score (nSPS) is 14.3. The molecule has 0 radical (unpaired) electrons. The van der Waals surface area contributed by atoms with Crippen LogP contribution in [0.2, 0.25) is 0 Å². The number of aryl methyl sites for hydroxylation is 4. The largest absolute Gasteiger partial charge is 0.221 e. The average Bonchev–Trinajstić information content (AvgIpc) is 3.61. The Morgan fingerprint density at radius 2 is 1.55 bits per heavy atom.